The average molecular weight is 439 g/mol. The van der Waals surface area contributed by atoms with Gasteiger partial charge < -0.3 is 10.1 Å². The van der Waals surface area contributed by atoms with Crippen molar-refractivity contribution < 1.29 is 17.9 Å². The maximum Gasteiger partial charge on any atom is 0.255 e. The first-order chi connectivity index (χ1) is 14.7. The Bertz CT molecular complexity index is 1210. The van der Waals surface area contributed by atoms with E-state index in [2.05, 4.69) is 5.32 Å². The number of sulfonamides is 1. The van der Waals surface area contributed by atoms with E-state index in [4.69, 9.17) is 4.74 Å². The van der Waals surface area contributed by atoms with Gasteiger partial charge in [0.1, 0.15) is 5.75 Å². The van der Waals surface area contributed by atoms with E-state index in [0.29, 0.717) is 22.7 Å². The monoisotopic (exact) mass is 438 g/mol. The predicted molar refractivity (Wildman–Crippen MR) is 124 cm³/mol. The minimum absolute atomic E-state index is 0.157. The van der Waals surface area contributed by atoms with Crippen molar-refractivity contribution in [2.45, 2.75) is 20.4 Å². The molecule has 0 fully saturated rings. The van der Waals surface area contributed by atoms with Crippen LogP contribution in [0.5, 0.6) is 5.75 Å². The first-order valence-electron chi connectivity index (χ1n) is 9.76. The van der Waals surface area contributed by atoms with Gasteiger partial charge in [0.2, 0.25) is 10.0 Å². The molecular formula is C24H26N2O4S. The normalized spacial score (nSPS) is 11.1. The molecule has 0 aliphatic rings. The van der Waals surface area contributed by atoms with E-state index in [1.165, 1.54) is 10.6 Å². The lowest BCUT2D eigenvalue weighted by molar-refractivity contribution is 0.102. The van der Waals surface area contributed by atoms with Gasteiger partial charge in [-0.2, -0.15) is 0 Å². The van der Waals surface area contributed by atoms with Crippen LogP contribution in [0.15, 0.2) is 66.7 Å². The fourth-order valence-corrected chi connectivity index (χ4v) is 4.04. The lowest BCUT2D eigenvalue weighted by atomic mass is 10.1. The summed E-state index contributed by atoms with van der Waals surface area (Å²) in [6.45, 7) is 4.09. The zero-order chi connectivity index (χ0) is 22.6. The van der Waals surface area contributed by atoms with Crippen molar-refractivity contribution in [2.75, 3.05) is 23.0 Å². The second kappa shape index (κ2) is 9.22. The number of amides is 1. The van der Waals surface area contributed by atoms with E-state index in [1.54, 1.807) is 55.6 Å². The highest BCUT2D eigenvalue weighted by atomic mass is 32.2. The van der Waals surface area contributed by atoms with Crippen LogP contribution in [0.3, 0.4) is 0 Å². The predicted octanol–water partition coefficient (Wildman–Crippen LogP) is 4.53. The minimum atomic E-state index is -3.50. The number of rotatable bonds is 7. The summed E-state index contributed by atoms with van der Waals surface area (Å²) in [5, 5.41) is 2.86. The Kier molecular flexibility index (Phi) is 6.65. The molecule has 0 aliphatic carbocycles. The molecule has 0 spiro atoms. The van der Waals surface area contributed by atoms with E-state index >= 15 is 0 Å². The second-order valence-corrected chi connectivity index (χ2v) is 9.33. The number of carbonyl (C=O) groups is 1. The molecule has 0 unspecified atom stereocenters. The molecule has 162 valence electrons. The Balaban J connectivity index is 1.83. The Morgan fingerprint density at radius 3 is 2.39 bits per heavy atom. The van der Waals surface area contributed by atoms with Gasteiger partial charge in [0.25, 0.3) is 5.91 Å². The number of nitrogens with one attached hydrogen (secondary N) is 1. The van der Waals surface area contributed by atoms with Crippen LogP contribution in [0.4, 0.5) is 11.4 Å². The molecule has 0 heterocycles. The Labute approximate surface area is 183 Å². The molecule has 0 saturated heterocycles. The van der Waals surface area contributed by atoms with Crippen LogP contribution >= 0.6 is 0 Å². The van der Waals surface area contributed by atoms with Gasteiger partial charge in [-0.15, -0.1) is 0 Å². The van der Waals surface area contributed by atoms with Crippen molar-refractivity contribution in [3.8, 4) is 5.75 Å². The van der Waals surface area contributed by atoms with Gasteiger partial charge in [0.15, 0.2) is 0 Å². The number of nitrogens with zero attached hydrogens (tertiary/aromatic N) is 1. The van der Waals surface area contributed by atoms with Crippen molar-refractivity contribution in [2.24, 2.45) is 0 Å². The quantitative estimate of drug-likeness (QED) is 0.588. The number of benzene rings is 3. The number of methoxy groups -OCH3 is 1. The molecule has 6 nitrogen and oxygen atoms in total. The molecule has 7 heteroatoms. The summed E-state index contributed by atoms with van der Waals surface area (Å²) >= 11 is 0. The Morgan fingerprint density at radius 1 is 0.968 bits per heavy atom. The summed E-state index contributed by atoms with van der Waals surface area (Å²) in [6.07, 6.45) is 1.19. The SMILES string of the molecule is COc1cccc(C(=O)Nc2cccc(CN(c3ccc(C)c(C)c3)S(C)(=O)=O)c2)c1. The smallest absolute Gasteiger partial charge is 0.255 e. The number of aryl methyl sites for hydroxylation is 2. The molecule has 3 aromatic rings. The molecule has 0 aromatic heterocycles. The number of carbonyl (C=O) groups excluding carboxylic acids is 1. The van der Waals surface area contributed by atoms with Crippen molar-refractivity contribution in [3.63, 3.8) is 0 Å². The van der Waals surface area contributed by atoms with Gasteiger partial charge in [-0.3, -0.25) is 9.10 Å². The third kappa shape index (κ3) is 5.64. The minimum Gasteiger partial charge on any atom is -0.497 e. The molecule has 0 bridgehead atoms. The molecule has 1 N–H and O–H groups in total. The summed E-state index contributed by atoms with van der Waals surface area (Å²) in [4.78, 5) is 12.6. The molecule has 0 saturated carbocycles. The first-order valence-corrected chi connectivity index (χ1v) is 11.6. The summed E-state index contributed by atoms with van der Waals surface area (Å²) in [5.41, 5.74) is 4.53. The van der Waals surface area contributed by atoms with Gasteiger partial charge in [-0.25, -0.2) is 8.42 Å². The number of ether oxygens (including phenoxy) is 1. The van der Waals surface area contributed by atoms with E-state index in [9.17, 15) is 13.2 Å². The zero-order valence-corrected chi connectivity index (χ0v) is 18.9. The van der Waals surface area contributed by atoms with Gasteiger partial charge in [-0.05, 0) is 73.0 Å². The highest BCUT2D eigenvalue weighted by Gasteiger charge is 2.19. The van der Waals surface area contributed by atoms with E-state index in [1.807, 2.05) is 32.0 Å². The Hall–Kier alpha value is -3.32. The summed E-state index contributed by atoms with van der Waals surface area (Å²) < 4.78 is 31.5. The van der Waals surface area contributed by atoms with Crippen molar-refractivity contribution in [1.82, 2.24) is 0 Å². The molecule has 0 atom stereocenters. The standard InChI is InChI=1S/C24H26N2O4S/c1-17-11-12-22(13-18(17)2)26(31(4,28)29)16-19-7-5-9-21(14-19)25-24(27)20-8-6-10-23(15-20)30-3/h5-15H,16H2,1-4H3,(H,25,27). The van der Waals surface area contributed by atoms with Gasteiger partial charge >= 0.3 is 0 Å². The summed E-state index contributed by atoms with van der Waals surface area (Å²) in [6, 6.07) is 19.6. The van der Waals surface area contributed by atoms with Crippen molar-refractivity contribution in [3.05, 3.63) is 89.0 Å². The largest absolute Gasteiger partial charge is 0.497 e. The van der Waals surface area contributed by atoms with Gasteiger partial charge in [-0.1, -0.05) is 24.3 Å². The molecule has 0 aliphatic heterocycles. The fraction of sp³-hybridized carbons (Fsp3) is 0.208. The fourth-order valence-electron chi connectivity index (χ4n) is 3.16. The molecule has 3 rings (SSSR count). The van der Waals surface area contributed by atoms with E-state index in [0.717, 1.165) is 16.7 Å². The molecule has 31 heavy (non-hydrogen) atoms. The third-order valence-corrected chi connectivity index (χ3v) is 6.16. The summed E-state index contributed by atoms with van der Waals surface area (Å²) in [5.74, 6) is 0.323. The van der Waals surface area contributed by atoms with Crippen LogP contribution in [0.1, 0.15) is 27.0 Å². The van der Waals surface area contributed by atoms with Gasteiger partial charge in [0.05, 0.1) is 25.6 Å². The van der Waals surface area contributed by atoms with Crippen molar-refractivity contribution >= 4 is 27.3 Å². The molecule has 3 aromatic carbocycles. The molecular weight excluding hydrogens is 412 g/mol. The van der Waals surface area contributed by atoms with Crippen LogP contribution in [0.2, 0.25) is 0 Å². The van der Waals surface area contributed by atoms with Gasteiger partial charge in [0, 0.05) is 11.3 Å². The van der Waals surface area contributed by atoms with Crippen LogP contribution in [0, 0.1) is 13.8 Å². The number of anilines is 2. The highest BCUT2D eigenvalue weighted by molar-refractivity contribution is 7.92. The highest BCUT2D eigenvalue weighted by Crippen LogP contribution is 2.24. The lowest BCUT2D eigenvalue weighted by Gasteiger charge is -2.23. The van der Waals surface area contributed by atoms with E-state index < -0.39 is 10.0 Å². The Morgan fingerprint density at radius 2 is 1.71 bits per heavy atom. The van der Waals surface area contributed by atoms with Crippen LogP contribution < -0.4 is 14.4 Å². The van der Waals surface area contributed by atoms with Crippen LogP contribution in [0.25, 0.3) is 0 Å². The van der Waals surface area contributed by atoms with E-state index in [-0.39, 0.29) is 12.5 Å². The van der Waals surface area contributed by atoms with Crippen LogP contribution in [-0.2, 0) is 16.6 Å². The second-order valence-electron chi connectivity index (χ2n) is 7.42. The zero-order valence-electron chi connectivity index (χ0n) is 18.0. The van der Waals surface area contributed by atoms with Crippen molar-refractivity contribution in [1.29, 1.82) is 0 Å². The maximum absolute atomic E-state index is 12.6. The van der Waals surface area contributed by atoms with Crippen LogP contribution in [-0.4, -0.2) is 27.7 Å². The maximum atomic E-state index is 12.6. The first kappa shape index (κ1) is 22.4. The lowest BCUT2D eigenvalue weighted by Crippen LogP contribution is -2.29. The average Bonchev–Trinajstić information content (AvgIpc) is 2.73. The third-order valence-electron chi connectivity index (χ3n) is 5.02. The number of hydrogen-bond acceptors (Lipinski definition) is 4. The summed E-state index contributed by atoms with van der Waals surface area (Å²) in [7, 11) is -1.96. The number of hydrogen-bond donors (Lipinski definition) is 1. The molecule has 0 radical (unpaired) electrons. The molecule has 1 amide bonds. The topological polar surface area (TPSA) is 75.7 Å².